The van der Waals surface area contributed by atoms with Gasteiger partial charge in [-0.25, -0.2) is 4.79 Å². The molecule has 8 nitrogen and oxygen atoms in total. The first-order valence-electron chi connectivity index (χ1n) is 9.87. The van der Waals surface area contributed by atoms with E-state index >= 15 is 0 Å². The summed E-state index contributed by atoms with van der Waals surface area (Å²) < 4.78 is 27.5. The van der Waals surface area contributed by atoms with Gasteiger partial charge in [-0.2, -0.15) is 0 Å². The van der Waals surface area contributed by atoms with Crippen LogP contribution in [0.25, 0.3) is 0 Å². The van der Waals surface area contributed by atoms with E-state index in [1.165, 1.54) is 0 Å². The Kier molecular flexibility index (Phi) is 7.11. The van der Waals surface area contributed by atoms with E-state index in [-0.39, 0.29) is 12.1 Å². The Morgan fingerprint density at radius 3 is 2.37 bits per heavy atom. The van der Waals surface area contributed by atoms with Crippen LogP contribution in [0, 0.1) is 0 Å². The molecular weight excluding hydrogens is 388 g/mol. The van der Waals surface area contributed by atoms with E-state index in [0.29, 0.717) is 49.4 Å². The van der Waals surface area contributed by atoms with E-state index in [4.69, 9.17) is 23.7 Å². The molecule has 3 rings (SSSR count). The van der Waals surface area contributed by atoms with Crippen LogP contribution in [-0.4, -0.2) is 40.1 Å². The van der Waals surface area contributed by atoms with Crippen molar-refractivity contribution in [1.82, 2.24) is 10.6 Å². The number of hydrogen-bond donors (Lipinski definition) is 2. The van der Waals surface area contributed by atoms with E-state index in [1.54, 1.807) is 14.2 Å². The highest BCUT2D eigenvalue weighted by molar-refractivity contribution is 5.74. The lowest BCUT2D eigenvalue weighted by Gasteiger charge is -2.21. The molecule has 2 N–H and O–H groups in total. The zero-order chi connectivity index (χ0) is 21.5. The number of benzene rings is 2. The average molecular weight is 416 g/mol. The highest BCUT2D eigenvalue weighted by atomic mass is 16.6. The first-order valence-corrected chi connectivity index (χ1v) is 9.87. The fraction of sp³-hybridized carbons (Fsp3) is 0.409. The van der Waals surface area contributed by atoms with E-state index in [0.717, 1.165) is 16.9 Å². The molecule has 0 spiro atoms. The summed E-state index contributed by atoms with van der Waals surface area (Å²) in [7, 11) is 3.13. The Bertz CT molecular complexity index is 861. The second kappa shape index (κ2) is 9.96. The van der Waals surface area contributed by atoms with Crippen molar-refractivity contribution in [3.8, 4) is 28.7 Å². The van der Waals surface area contributed by atoms with Crippen molar-refractivity contribution < 1.29 is 28.5 Å². The molecule has 162 valence electrons. The first-order chi connectivity index (χ1) is 14.5. The van der Waals surface area contributed by atoms with Crippen LogP contribution in [0.15, 0.2) is 30.3 Å². The number of methoxy groups -OCH3 is 2. The summed E-state index contributed by atoms with van der Waals surface area (Å²) >= 11 is 0. The molecule has 1 atom stereocenters. The molecule has 1 heterocycles. The molecule has 1 unspecified atom stereocenters. The smallest absolute Gasteiger partial charge is 0.315 e. The molecule has 0 fully saturated rings. The van der Waals surface area contributed by atoms with Gasteiger partial charge in [0.25, 0.3) is 0 Å². The lowest BCUT2D eigenvalue weighted by Crippen LogP contribution is -2.36. The van der Waals surface area contributed by atoms with Gasteiger partial charge in [0.05, 0.1) is 26.9 Å². The Balaban J connectivity index is 1.61. The van der Waals surface area contributed by atoms with E-state index in [2.05, 4.69) is 10.6 Å². The standard InChI is InChI=1S/C22H28N2O6/c1-5-28-21-19(26-3)10-15(11-20(21)27-4)13-23-22(25)24-14(2)16-6-7-17-18(12-16)30-9-8-29-17/h6-7,10-12,14H,5,8-9,13H2,1-4H3,(H2,23,24,25). The minimum Gasteiger partial charge on any atom is -0.493 e. The molecule has 2 amide bonds. The van der Waals surface area contributed by atoms with Crippen molar-refractivity contribution in [3.05, 3.63) is 41.5 Å². The number of nitrogens with one attached hydrogen (secondary N) is 2. The number of hydrogen-bond acceptors (Lipinski definition) is 6. The van der Waals surface area contributed by atoms with Gasteiger partial charge >= 0.3 is 6.03 Å². The van der Waals surface area contributed by atoms with Gasteiger partial charge in [-0.05, 0) is 49.2 Å². The SMILES string of the molecule is CCOc1c(OC)cc(CNC(=O)NC(C)c2ccc3c(c2)OCCO3)cc1OC. The van der Waals surface area contributed by atoms with Crippen LogP contribution in [0.3, 0.4) is 0 Å². The lowest BCUT2D eigenvalue weighted by atomic mass is 10.1. The summed E-state index contributed by atoms with van der Waals surface area (Å²) in [5, 5.41) is 5.79. The highest BCUT2D eigenvalue weighted by Gasteiger charge is 2.17. The van der Waals surface area contributed by atoms with Gasteiger partial charge in [0.15, 0.2) is 23.0 Å². The predicted molar refractivity (Wildman–Crippen MR) is 112 cm³/mol. The molecule has 0 saturated heterocycles. The predicted octanol–water partition coefficient (Wildman–Crippen LogP) is 3.43. The van der Waals surface area contributed by atoms with Crippen LogP contribution >= 0.6 is 0 Å². The Hall–Kier alpha value is -3.29. The molecule has 0 aliphatic carbocycles. The number of amides is 2. The van der Waals surface area contributed by atoms with E-state index < -0.39 is 0 Å². The van der Waals surface area contributed by atoms with Crippen LogP contribution < -0.4 is 34.3 Å². The molecule has 2 aromatic carbocycles. The summed E-state index contributed by atoms with van der Waals surface area (Å²) in [5.74, 6) is 3.07. The Morgan fingerprint density at radius 2 is 1.73 bits per heavy atom. The maximum Gasteiger partial charge on any atom is 0.315 e. The van der Waals surface area contributed by atoms with Crippen molar-refractivity contribution >= 4 is 6.03 Å². The van der Waals surface area contributed by atoms with Gasteiger partial charge in [0.2, 0.25) is 5.75 Å². The monoisotopic (exact) mass is 416 g/mol. The van der Waals surface area contributed by atoms with Gasteiger partial charge in [-0.1, -0.05) is 6.07 Å². The first kappa shape index (κ1) is 21.4. The van der Waals surface area contributed by atoms with Crippen molar-refractivity contribution in [1.29, 1.82) is 0 Å². The number of fused-ring (bicyclic) bond motifs is 1. The van der Waals surface area contributed by atoms with Crippen LogP contribution in [0.5, 0.6) is 28.7 Å². The zero-order valence-corrected chi connectivity index (χ0v) is 17.7. The van der Waals surface area contributed by atoms with Crippen molar-refractivity contribution in [2.45, 2.75) is 26.4 Å². The number of urea groups is 1. The number of carbonyl (C=O) groups is 1. The van der Waals surface area contributed by atoms with Crippen LogP contribution in [0.1, 0.15) is 31.0 Å². The van der Waals surface area contributed by atoms with Gasteiger partial charge in [-0.3, -0.25) is 0 Å². The molecule has 1 aliphatic heterocycles. The molecule has 0 bridgehead atoms. The Morgan fingerprint density at radius 1 is 1.07 bits per heavy atom. The molecular formula is C22H28N2O6. The van der Waals surface area contributed by atoms with Gasteiger partial charge in [0, 0.05) is 6.54 Å². The topological polar surface area (TPSA) is 87.3 Å². The normalized spacial score (nSPS) is 13.2. The molecule has 8 heteroatoms. The molecule has 0 radical (unpaired) electrons. The van der Waals surface area contributed by atoms with Gasteiger partial charge in [-0.15, -0.1) is 0 Å². The quantitative estimate of drug-likeness (QED) is 0.686. The minimum absolute atomic E-state index is 0.203. The summed E-state index contributed by atoms with van der Waals surface area (Å²) in [6, 6.07) is 8.81. The second-order valence-corrected chi connectivity index (χ2v) is 6.71. The third kappa shape index (κ3) is 5.00. The molecule has 2 aromatic rings. The second-order valence-electron chi connectivity index (χ2n) is 6.71. The summed E-state index contributed by atoms with van der Waals surface area (Å²) in [6.07, 6.45) is 0. The minimum atomic E-state index is -0.288. The van der Waals surface area contributed by atoms with Gasteiger partial charge < -0.3 is 34.3 Å². The third-order valence-electron chi connectivity index (χ3n) is 4.68. The summed E-state index contributed by atoms with van der Waals surface area (Å²) in [5.41, 5.74) is 1.76. The largest absolute Gasteiger partial charge is 0.493 e. The number of ether oxygens (including phenoxy) is 5. The molecule has 0 aromatic heterocycles. The lowest BCUT2D eigenvalue weighted by molar-refractivity contribution is 0.171. The van der Waals surface area contributed by atoms with Crippen molar-refractivity contribution in [2.75, 3.05) is 34.0 Å². The number of rotatable bonds is 8. The van der Waals surface area contributed by atoms with Crippen LogP contribution in [-0.2, 0) is 6.54 Å². The molecule has 30 heavy (non-hydrogen) atoms. The molecule has 0 saturated carbocycles. The fourth-order valence-corrected chi connectivity index (χ4v) is 3.17. The molecule has 1 aliphatic rings. The maximum atomic E-state index is 12.4. The Labute approximate surface area is 176 Å². The zero-order valence-electron chi connectivity index (χ0n) is 17.7. The maximum absolute atomic E-state index is 12.4. The van der Waals surface area contributed by atoms with Crippen molar-refractivity contribution in [2.24, 2.45) is 0 Å². The van der Waals surface area contributed by atoms with Gasteiger partial charge in [0.1, 0.15) is 13.2 Å². The van der Waals surface area contributed by atoms with Crippen molar-refractivity contribution in [3.63, 3.8) is 0 Å². The number of carbonyl (C=O) groups excluding carboxylic acids is 1. The van der Waals surface area contributed by atoms with E-state index in [1.807, 2.05) is 44.2 Å². The summed E-state index contributed by atoms with van der Waals surface area (Å²) in [6.45, 7) is 5.66. The van der Waals surface area contributed by atoms with Crippen LogP contribution in [0.4, 0.5) is 4.79 Å². The average Bonchev–Trinajstić information content (AvgIpc) is 2.77. The van der Waals surface area contributed by atoms with Crippen LogP contribution in [0.2, 0.25) is 0 Å². The third-order valence-corrected chi connectivity index (χ3v) is 4.68. The van der Waals surface area contributed by atoms with E-state index in [9.17, 15) is 4.79 Å². The summed E-state index contributed by atoms with van der Waals surface area (Å²) in [4.78, 5) is 12.4. The highest BCUT2D eigenvalue weighted by Crippen LogP contribution is 2.38. The fourth-order valence-electron chi connectivity index (χ4n) is 3.17.